The van der Waals surface area contributed by atoms with Crippen LogP contribution in [0.1, 0.15) is 0 Å². The fourth-order valence-corrected chi connectivity index (χ4v) is 8.01. The maximum Gasteiger partial charge on any atom is 0.0540 e. The minimum Gasteiger partial charge on any atom is -0.310 e. The lowest BCUT2D eigenvalue weighted by Gasteiger charge is -2.28. The molecule has 0 spiro atoms. The van der Waals surface area contributed by atoms with Crippen molar-refractivity contribution in [2.45, 2.75) is 0 Å². The quantitative estimate of drug-likeness (QED) is 0.189. The van der Waals surface area contributed by atoms with Gasteiger partial charge in [0.15, 0.2) is 0 Å². The topological polar surface area (TPSA) is 3.24 Å². The molecule has 9 rings (SSSR count). The van der Waals surface area contributed by atoms with Crippen molar-refractivity contribution in [1.29, 1.82) is 0 Å². The third-order valence-electron chi connectivity index (χ3n) is 9.06. The minimum absolute atomic E-state index is 1.12. The second kappa shape index (κ2) is 11.0. The summed E-state index contributed by atoms with van der Waals surface area (Å²) in [5.41, 5.74) is 8.31. The van der Waals surface area contributed by atoms with Crippen molar-refractivity contribution < 1.29 is 0 Å². The third kappa shape index (κ3) is 4.46. The first-order valence-electron chi connectivity index (χ1n) is 15.7. The van der Waals surface area contributed by atoms with E-state index in [1.165, 1.54) is 64.0 Å². The molecule has 216 valence electrons. The molecular formula is C44H29NS. The van der Waals surface area contributed by atoms with E-state index >= 15 is 0 Å². The van der Waals surface area contributed by atoms with Gasteiger partial charge >= 0.3 is 0 Å². The van der Waals surface area contributed by atoms with Gasteiger partial charge in [-0.25, -0.2) is 0 Å². The van der Waals surface area contributed by atoms with Gasteiger partial charge in [-0.05, 0) is 80.9 Å². The Kier molecular flexibility index (Phi) is 6.40. The average Bonchev–Trinajstić information content (AvgIpc) is 3.52. The summed E-state index contributed by atoms with van der Waals surface area (Å²) in [5, 5.41) is 7.67. The molecule has 0 amide bonds. The Morgan fingerprint density at radius 2 is 1.00 bits per heavy atom. The Balaban J connectivity index is 1.26. The molecule has 0 bridgehead atoms. The van der Waals surface area contributed by atoms with E-state index in [1.54, 1.807) is 0 Å². The van der Waals surface area contributed by atoms with Crippen molar-refractivity contribution in [3.8, 4) is 22.3 Å². The van der Waals surface area contributed by atoms with E-state index in [0.29, 0.717) is 0 Å². The molecule has 2 heteroatoms. The van der Waals surface area contributed by atoms with E-state index in [1.807, 2.05) is 11.3 Å². The maximum absolute atomic E-state index is 2.42. The fourth-order valence-electron chi connectivity index (χ4n) is 6.89. The van der Waals surface area contributed by atoms with Crippen LogP contribution in [0.25, 0.3) is 64.0 Å². The highest BCUT2D eigenvalue weighted by Gasteiger charge is 2.19. The van der Waals surface area contributed by atoms with Gasteiger partial charge in [0, 0.05) is 36.9 Å². The summed E-state index contributed by atoms with van der Waals surface area (Å²) in [7, 11) is 0. The van der Waals surface area contributed by atoms with Gasteiger partial charge in [-0.1, -0.05) is 133 Å². The van der Waals surface area contributed by atoms with Crippen molar-refractivity contribution in [2.24, 2.45) is 0 Å². The van der Waals surface area contributed by atoms with Crippen LogP contribution in [0, 0.1) is 0 Å². The summed E-state index contributed by atoms with van der Waals surface area (Å²) in [6, 6.07) is 63.9. The highest BCUT2D eigenvalue weighted by molar-refractivity contribution is 7.26. The number of rotatable bonds is 5. The van der Waals surface area contributed by atoms with Crippen molar-refractivity contribution in [2.75, 3.05) is 4.90 Å². The molecular weight excluding hydrogens is 575 g/mol. The zero-order chi connectivity index (χ0) is 30.5. The number of benzene rings is 8. The molecule has 0 N–H and O–H groups in total. The molecule has 0 aliphatic carbocycles. The monoisotopic (exact) mass is 603 g/mol. The van der Waals surface area contributed by atoms with Crippen LogP contribution in [0.4, 0.5) is 17.1 Å². The van der Waals surface area contributed by atoms with Crippen LogP contribution in [0.15, 0.2) is 176 Å². The molecule has 0 atom stereocenters. The van der Waals surface area contributed by atoms with Crippen LogP contribution in [0.5, 0.6) is 0 Å². The van der Waals surface area contributed by atoms with Gasteiger partial charge in [0.25, 0.3) is 0 Å². The van der Waals surface area contributed by atoms with Crippen LogP contribution in [0.3, 0.4) is 0 Å². The molecule has 0 saturated heterocycles. The predicted octanol–water partition coefficient (Wildman–Crippen LogP) is 13.2. The lowest BCUT2D eigenvalue weighted by molar-refractivity contribution is 1.30. The first-order chi connectivity index (χ1) is 22.8. The summed E-state index contributed by atoms with van der Waals surface area (Å²) in [4.78, 5) is 2.42. The lowest BCUT2D eigenvalue weighted by Crippen LogP contribution is -2.10. The zero-order valence-electron chi connectivity index (χ0n) is 25.1. The molecule has 9 aromatic rings. The van der Waals surface area contributed by atoms with Crippen LogP contribution in [-0.4, -0.2) is 0 Å². The summed E-state index contributed by atoms with van der Waals surface area (Å²) in [6.07, 6.45) is 0. The molecule has 0 aliphatic rings. The van der Waals surface area contributed by atoms with Crippen molar-refractivity contribution in [3.05, 3.63) is 176 Å². The van der Waals surface area contributed by atoms with E-state index in [-0.39, 0.29) is 0 Å². The largest absolute Gasteiger partial charge is 0.310 e. The summed E-state index contributed by atoms with van der Waals surface area (Å²) in [5.74, 6) is 0. The van der Waals surface area contributed by atoms with Gasteiger partial charge in [-0.15, -0.1) is 11.3 Å². The van der Waals surface area contributed by atoms with E-state index in [9.17, 15) is 0 Å². The second-order valence-electron chi connectivity index (χ2n) is 11.7. The van der Waals surface area contributed by atoms with Crippen molar-refractivity contribution >= 4 is 70.1 Å². The standard InChI is InChI=1S/C44H29NS/c1-3-11-30(12-4-1)31-19-22-34(23-20-31)45(41-27-26-36(32-13-5-2-6-14-32)38-15-7-8-16-39(38)41)35-24-25-37-33(29-35)21-28-43-44(37)40-17-9-10-18-42(40)46-43/h1-29H. The van der Waals surface area contributed by atoms with Gasteiger partial charge in [0.2, 0.25) is 0 Å². The SMILES string of the molecule is c1ccc(-c2ccc(N(c3ccc4c(ccc5sc6ccccc6c54)c3)c3ccc(-c4ccccc4)c4ccccc34)cc2)cc1. The fraction of sp³-hybridized carbons (Fsp3) is 0. The second-order valence-corrected chi connectivity index (χ2v) is 12.8. The Bertz CT molecular complexity index is 2510. The molecule has 46 heavy (non-hydrogen) atoms. The molecule has 1 aromatic heterocycles. The highest BCUT2D eigenvalue weighted by Crippen LogP contribution is 2.44. The zero-order valence-corrected chi connectivity index (χ0v) is 25.9. The van der Waals surface area contributed by atoms with Crippen LogP contribution >= 0.6 is 11.3 Å². The van der Waals surface area contributed by atoms with Crippen LogP contribution in [-0.2, 0) is 0 Å². The number of thiophene rings is 1. The molecule has 0 unspecified atom stereocenters. The predicted molar refractivity (Wildman–Crippen MR) is 200 cm³/mol. The molecule has 0 fully saturated rings. The first-order valence-corrected chi connectivity index (χ1v) is 16.5. The number of hydrogen-bond acceptors (Lipinski definition) is 2. The summed E-state index contributed by atoms with van der Waals surface area (Å²) < 4.78 is 2.66. The number of fused-ring (bicyclic) bond motifs is 6. The Morgan fingerprint density at radius 3 is 1.78 bits per heavy atom. The van der Waals surface area contributed by atoms with Crippen molar-refractivity contribution in [3.63, 3.8) is 0 Å². The first kappa shape index (κ1) is 26.7. The Morgan fingerprint density at radius 1 is 0.370 bits per heavy atom. The van der Waals surface area contributed by atoms with Crippen LogP contribution < -0.4 is 4.90 Å². The number of nitrogens with zero attached hydrogens (tertiary/aromatic N) is 1. The maximum atomic E-state index is 2.42. The lowest BCUT2D eigenvalue weighted by atomic mass is 9.96. The highest BCUT2D eigenvalue weighted by atomic mass is 32.1. The van der Waals surface area contributed by atoms with E-state index in [0.717, 1.165) is 17.1 Å². The Hall–Kier alpha value is -5.70. The van der Waals surface area contributed by atoms with Gasteiger partial charge < -0.3 is 4.90 Å². The van der Waals surface area contributed by atoms with E-state index in [4.69, 9.17) is 0 Å². The van der Waals surface area contributed by atoms with Crippen LogP contribution in [0.2, 0.25) is 0 Å². The minimum atomic E-state index is 1.12. The number of hydrogen-bond donors (Lipinski definition) is 0. The molecule has 0 aliphatic heterocycles. The van der Waals surface area contributed by atoms with Gasteiger partial charge in [0.1, 0.15) is 0 Å². The summed E-state index contributed by atoms with van der Waals surface area (Å²) >= 11 is 1.87. The molecule has 1 nitrogen and oxygen atoms in total. The molecule has 1 heterocycles. The van der Waals surface area contributed by atoms with E-state index < -0.39 is 0 Å². The van der Waals surface area contributed by atoms with E-state index in [2.05, 4.69) is 181 Å². The number of anilines is 3. The average molecular weight is 604 g/mol. The molecule has 0 saturated carbocycles. The third-order valence-corrected chi connectivity index (χ3v) is 10.2. The van der Waals surface area contributed by atoms with Crippen molar-refractivity contribution in [1.82, 2.24) is 0 Å². The normalized spacial score (nSPS) is 11.5. The van der Waals surface area contributed by atoms with Gasteiger partial charge in [-0.2, -0.15) is 0 Å². The molecule has 8 aromatic carbocycles. The summed E-state index contributed by atoms with van der Waals surface area (Å²) in [6.45, 7) is 0. The smallest absolute Gasteiger partial charge is 0.0540 e. The van der Waals surface area contributed by atoms with Gasteiger partial charge in [0.05, 0.1) is 5.69 Å². The van der Waals surface area contributed by atoms with Gasteiger partial charge in [-0.3, -0.25) is 0 Å². The molecule has 0 radical (unpaired) electrons. The Labute approximate surface area is 272 Å².